The molecule has 0 fully saturated rings. The topological polar surface area (TPSA) is 56.8 Å². The molecule has 1 N–H and O–H groups in total. The van der Waals surface area contributed by atoms with Gasteiger partial charge < -0.3 is 19.5 Å². The lowest BCUT2D eigenvalue weighted by Crippen LogP contribution is -2.15. The Labute approximate surface area is 128 Å². The van der Waals surface area contributed by atoms with Gasteiger partial charge in [-0.1, -0.05) is 17.7 Å². The zero-order chi connectivity index (χ0) is 15.5. The zero-order valence-electron chi connectivity index (χ0n) is 12.5. The molecule has 1 heterocycles. The third kappa shape index (κ3) is 2.98. The Bertz CT molecular complexity index is 712. The molecule has 3 rings (SSSR count). The van der Waals surface area contributed by atoms with E-state index in [1.165, 1.54) is 0 Å². The van der Waals surface area contributed by atoms with Gasteiger partial charge in [0.1, 0.15) is 5.75 Å². The van der Waals surface area contributed by atoms with Gasteiger partial charge in [0, 0.05) is 17.3 Å². The maximum absolute atomic E-state index is 12.2. The first-order chi connectivity index (χ1) is 10.7. The quantitative estimate of drug-likeness (QED) is 0.943. The standard InChI is InChI=1S/C17H17NO4/c1-11-3-5-14(20-2)12(7-11)8-17(19)18-13-4-6-15-16(9-13)22-10-21-15/h3-7,9H,8,10H2,1-2H3,(H,18,19). The van der Waals surface area contributed by atoms with Gasteiger partial charge in [-0.05, 0) is 25.1 Å². The largest absolute Gasteiger partial charge is 0.496 e. The minimum atomic E-state index is -0.109. The molecular weight excluding hydrogens is 282 g/mol. The number of benzene rings is 2. The van der Waals surface area contributed by atoms with Crippen LogP contribution >= 0.6 is 0 Å². The molecule has 22 heavy (non-hydrogen) atoms. The maximum Gasteiger partial charge on any atom is 0.231 e. The van der Waals surface area contributed by atoms with E-state index < -0.39 is 0 Å². The van der Waals surface area contributed by atoms with Crippen molar-refractivity contribution in [2.24, 2.45) is 0 Å². The van der Waals surface area contributed by atoms with E-state index in [0.717, 1.165) is 11.1 Å². The molecule has 0 atom stereocenters. The molecule has 114 valence electrons. The minimum absolute atomic E-state index is 0.109. The first kappa shape index (κ1) is 14.3. The summed E-state index contributed by atoms with van der Waals surface area (Å²) in [6.45, 7) is 2.20. The summed E-state index contributed by atoms with van der Waals surface area (Å²) in [4.78, 5) is 12.2. The molecule has 5 heteroatoms. The molecule has 0 radical (unpaired) electrons. The first-order valence-electron chi connectivity index (χ1n) is 6.99. The van der Waals surface area contributed by atoms with Crippen LogP contribution in [0.15, 0.2) is 36.4 Å². The van der Waals surface area contributed by atoms with Crippen LogP contribution < -0.4 is 19.5 Å². The summed E-state index contributed by atoms with van der Waals surface area (Å²) >= 11 is 0. The van der Waals surface area contributed by atoms with Crippen LogP contribution in [0.5, 0.6) is 17.2 Å². The van der Waals surface area contributed by atoms with Crippen molar-refractivity contribution < 1.29 is 19.0 Å². The highest BCUT2D eigenvalue weighted by Gasteiger charge is 2.15. The van der Waals surface area contributed by atoms with Gasteiger partial charge in [-0.2, -0.15) is 0 Å². The predicted molar refractivity (Wildman–Crippen MR) is 82.6 cm³/mol. The van der Waals surface area contributed by atoms with E-state index in [9.17, 15) is 4.79 Å². The van der Waals surface area contributed by atoms with Crippen molar-refractivity contribution in [3.8, 4) is 17.2 Å². The van der Waals surface area contributed by atoms with E-state index >= 15 is 0 Å². The van der Waals surface area contributed by atoms with Crippen LogP contribution in [0.3, 0.4) is 0 Å². The Balaban J connectivity index is 1.71. The third-order valence-electron chi connectivity index (χ3n) is 3.44. The summed E-state index contributed by atoms with van der Waals surface area (Å²) < 4.78 is 15.8. The first-order valence-corrected chi connectivity index (χ1v) is 6.99. The Morgan fingerprint density at radius 1 is 1.18 bits per heavy atom. The second kappa shape index (κ2) is 5.97. The molecule has 0 aliphatic carbocycles. The molecule has 2 aromatic rings. The van der Waals surface area contributed by atoms with Crippen molar-refractivity contribution in [3.05, 3.63) is 47.5 Å². The van der Waals surface area contributed by atoms with Gasteiger partial charge in [0.25, 0.3) is 0 Å². The molecule has 1 aliphatic heterocycles. The Morgan fingerprint density at radius 3 is 2.82 bits per heavy atom. The van der Waals surface area contributed by atoms with Gasteiger partial charge in [-0.15, -0.1) is 0 Å². The van der Waals surface area contributed by atoms with Crippen LogP contribution in [-0.4, -0.2) is 19.8 Å². The van der Waals surface area contributed by atoms with Crippen molar-refractivity contribution in [2.45, 2.75) is 13.3 Å². The molecule has 0 aromatic heterocycles. The van der Waals surface area contributed by atoms with Gasteiger partial charge >= 0.3 is 0 Å². The number of anilines is 1. The zero-order valence-corrected chi connectivity index (χ0v) is 12.5. The van der Waals surface area contributed by atoms with E-state index in [-0.39, 0.29) is 19.1 Å². The highest BCUT2D eigenvalue weighted by molar-refractivity contribution is 5.93. The summed E-state index contributed by atoms with van der Waals surface area (Å²) in [5, 5.41) is 2.86. The average molecular weight is 299 g/mol. The second-order valence-electron chi connectivity index (χ2n) is 5.11. The fraction of sp³-hybridized carbons (Fsp3) is 0.235. The van der Waals surface area contributed by atoms with E-state index in [1.807, 2.05) is 25.1 Å². The van der Waals surface area contributed by atoms with Crippen molar-refractivity contribution in [1.29, 1.82) is 0 Å². The molecule has 0 saturated heterocycles. The van der Waals surface area contributed by atoms with Gasteiger partial charge in [-0.3, -0.25) is 4.79 Å². The van der Waals surface area contributed by atoms with Gasteiger partial charge in [0.2, 0.25) is 12.7 Å². The SMILES string of the molecule is COc1ccc(C)cc1CC(=O)Nc1ccc2c(c1)OCO2. The van der Waals surface area contributed by atoms with E-state index in [1.54, 1.807) is 25.3 Å². The van der Waals surface area contributed by atoms with Crippen LogP contribution in [0.4, 0.5) is 5.69 Å². The molecule has 0 unspecified atom stereocenters. The van der Waals surface area contributed by atoms with Crippen LogP contribution in [0.2, 0.25) is 0 Å². The second-order valence-corrected chi connectivity index (χ2v) is 5.11. The number of rotatable bonds is 4. The minimum Gasteiger partial charge on any atom is -0.496 e. The van der Waals surface area contributed by atoms with Crippen LogP contribution in [0.1, 0.15) is 11.1 Å². The van der Waals surface area contributed by atoms with Crippen LogP contribution in [-0.2, 0) is 11.2 Å². The van der Waals surface area contributed by atoms with Gasteiger partial charge in [-0.25, -0.2) is 0 Å². The molecular formula is C17H17NO4. The molecule has 2 aromatic carbocycles. The van der Waals surface area contributed by atoms with E-state index in [4.69, 9.17) is 14.2 Å². The number of hydrogen-bond acceptors (Lipinski definition) is 4. The van der Waals surface area contributed by atoms with E-state index in [2.05, 4.69) is 5.32 Å². The van der Waals surface area contributed by atoms with E-state index in [0.29, 0.717) is 22.9 Å². The van der Waals surface area contributed by atoms with Gasteiger partial charge in [0.05, 0.1) is 13.5 Å². The Hall–Kier alpha value is -2.69. The molecule has 1 aliphatic rings. The van der Waals surface area contributed by atoms with Crippen molar-refractivity contribution in [3.63, 3.8) is 0 Å². The third-order valence-corrected chi connectivity index (χ3v) is 3.44. The molecule has 0 saturated carbocycles. The number of aryl methyl sites for hydroxylation is 1. The smallest absolute Gasteiger partial charge is 0.231 e. The van der Waals surface area contributed by atoms with Crippen molar-refractivity contribution >= 4 is 11.6 Å². The number of hydrogen-bond donors (Lipinski definition) is 1. The summed E-state index contributed by atoms with van der Waals surface area (Å²) in [5.74, 6) is 1.94. The lowest BCUT2D eigenvalue weighted by Gasteiger charge is -2.10. The number of carbonyl (C=O) groups is 1. The summed E-state index contributed by atoms with van der Waals surface area (Å²) in [5.41, 5.74) is 2.63. The van der Waals surface area contributed by atoms with Crippen LogP contribution in [0.25, 0.3) is 0 Å². The highest BCUT2D eigenvalue weighted by atomic mass is 16.7. The fourth-order valence-electron chi connectivity index (χ4n) is 2.40. The summed E-state index contributed by atoms with van der Waals surface area (Å²) in [6.07, 6.45) is 0.249. The number of methoxy groups -OCH3 is 1. The summed E-state index contributed by atoms with van der Waals surface area (Å²) in [6, 6.07) is 11.1. The monoisotopic (exact) mass is 299 g/mol. The van der Waals surface area contributed by atoms with Gasteiger partial charge in [0.15, 0.2) is 11.5 Å². The predicted octanol–water partition coefficient (Wildman–Crippen LogP) is 2.91. The number of carbonyl (C=O) groups excluding carboxylic acids is 1. The van der Waals surface area contributed by atoms with Crippen molar-refractivity contribution in [1.82, 2.24) is 0 Å². The number of amides is 1. The average Bonchev–Trinajstić information content (AvgIpc) is 2.95. The number of ether oxygens (including phenoxy) is 3. The molecule has 1 amide bonds. The normalized spacial score (nSPS) is 12.1. The Morgan fingerprint density at radius 2 is 2.00 bits per heavy atom. The lowest BCUT2D eigenvalue weighted by atomic mass is 10.1. The molecule has 0 bridgehead atoms. The number of fused-ring (bicyclic) bond motifs is 1. The molecule has 5 nitrogen and oxygen atoms in total. The lowest BCUT2D eigenvalue weighted by molar-refractivity contribution is -0.115. The maximum atomic E-state index is 12.2. The molecule has 0 spiro atoms. The highest BCUT2D eigenvalue weighted by Crippen LogP contribution is 2.34. The Kier molecular flexibility index (Phi) is 3.87. The van der Waals surface area contributed by atoms with Crippen LogP contribution in [0, 0.1) is 6.92 Å². The summed E-state index contributed by atoms with van der Waals surface area (Å²) in [7, 11) is 1.60. The fourth-order valence-corrected chi connectivity index (χ4v) is 2.40. The number of nitrogens with one attached hydrogen (secondary N) is 1. The van der Waals surface area contributed by atoms with Crippen molar-refractivity contribution in [2.75, 3.05) is 19.2 Å².